The van der Waals surface area contributed by atoms with Crippen molar-refractivity contribution in [1.82, 2.24) is 14.9 Å². The number of nitrogens with zero attached hydrogens (tertiary/aromatic N) is 4. The second-order valence-corrected chi connectivity index (χ2v) is 11.5. The lowest BCUT2D eigenvalue weighted by molar-refractivity contribution is -0.135. The lowest BCUT2D eigenvalue weighted by Gasteiger charge is -2.26. The number of carbonyl (C=O) groups is 1. The van der Waals surface area contributed by atoms with Gasteiger partial charge in [-0.3, -0.25) is 9.78 Å². The highest BCUT2D eigenvalue weighted by Gasteiger charge is 2.35. The monoisotopic (exact) mass is 506 g/mol. The number of amides is 1. The standard InChI is InChI=1S/C26H26N4O5S/c1-34-25-18(14-27)12-19(15-29-25)22-4-8-28-24-3-2-20(13-23(22)24)35-21-5-9-30(16-21)26(31)17-6-10-36(32,33)11-7-17/h2-4,8,12-13,15,17,21H,5-7,9-11,16H2,1H3/t21-/m0/s1. The first kappa shape index (κ1) is 24.0. The Balaban J connectivity index is 1.32. The summed E-state index contributed by atoms with van der Waals surface area (Å²) >= 11 is 0. The second-order valence-electron chi connectivity index (χ2n) is 9.17. The maximum atomic E-state index is 12.9. The molecule has 0 bridgehead atoms. The normalized spacial score (nSPS) is 19.7. The topological polar surface area (TPSA) is 122 Å². The van der Waals surface area contributed by atoms with Gasteiger partial charge in [0.05, 0.1) is 30.7 Å². The summed E-state index contributed by atoms with van der Waals surface area (Å²) in [5.74, 6) is 0.925. The molecule has 4 heterocycles. The van der Waals surface area contributed by atoms with E-state index in [-0.39, 0.29) is 35.3 Å². The van der Waals surface area contributed by atoms with Crippen molar-refractivity contribution < 1.29 is 22.7 Å². The van der Waals surface area contributed by atoms with Gasteiger partial charge in [0.1, 0.15) is 33.3 Å². The van der Waals surface area contributed by atoms with Crippen molar-refractivity contribution in [2.24, 2.45) is 5.92 Å². The second kappa shape index (κ2) is 9.74. The highest BCUT2D eigenvalue weighted by atomic mass is 32.2. The van der Waals surface area contributed by atoms with E-state index in [0.29, 0.717) is 43.7 Å². The van der Waals surface area contributed by atoms with Gasteiger partial charge in [-0.1, -0.05) is 0 Å². The van der Waals surface area contributed by atoms with Crippen LogP contribution in [0.4, 0.5) is 0 Å². The lowest BCUT2D eigenvalue weighted by Crippen LogP contribution is -2.39. The zero-order chi connectivity index (χ0) is 25.3. The van der Waals surface area contributed by atoms with E-state index in [0.717, 1.165) is 22.0 Å². The van der Waals surface area contributed by atoms with Crippen molar-refractivity contribution in [1.29, 1.82) is 5.26 Å². The molecule has 9 nitrogen and oxygen atoms in total. The summed E-state index contributed by atoms with van der Waals surface area (Å²) < 4.78 is 34.8. The Morgan fingerprint density at radius 1 is 1.14 bits per heavy atom. The molecule has 1 amide bonds. The van der Waals surface area contributed by atoms with E-state index in [1.807, 2.05) is 24.3 Å². The fourth-order valence-corrected chi connectivity index (χ4v) is 6.40. The highest BCUT2D eigenvalue weighted by molar-refractivity contribution is 7.91. The Bertz CT molecular complexity index is 1450. The smallest absolute Gasteiger partial charge is 0.231 e. The Morgan fingerprint density at radius 3 is 2.69 bits per heavy atom. The average Bonchev–Trinajstić information content (AvgIpc) is 3.36. The van der Waals surface area contributed by atoms with Crippen LogP contribution in [0.3, 0.4) is 0 Å². The van der Waals surface area contributed by atoms with Gasteiger partial charge in [-0.2, -0.15) is 5.26 Å². The summed E-state index contributed by atoms with van der Waals surface area (Å²) in [5.41, 5.74) is 2.76. The predicted molar refractivity (Wildman–Crippen MR) is 133 cm³/mol. The number of ether oxygens (including phenoxy) is 2. The maximum absolute atomic E-state index is 12.9. The Morgan fingerprint density at radius 2 is 1.94 bits per heavy atom. The number of fused-ring (bicyclic) bond motifs is 1. The van der Waals surface area contributed by atoms with E-state index in [4.69, 9.17) is 9.47 Å². The number of likely N-dealkylation sites (tertiary alicyclic amines) is 1. The molecule has 2 fully saturated rings. The third-order valence-corrected chi connectivity index (χ3v) is 8.57. The summed E-state index contributed by atoms with van der Waals surface area (Å²) in [6, 6.07) is 11.4. The molecule has 10 heteroatoms. The molecule has 0 unspecified atom stereocenters. The molecule has 0 spiro atoms. The van der Waals surface area contributed by atoms with Crippen molar-refractivity contribution in [2.75, 3.05) is 31.7 Å². The van der Waals surface area contributed by atoms with Crippen LogP contribution in [-0.4, -0.2) is 67.0 Å². The molecule has 2 aliphatic heterocycles. The number of hydrogen-bond acceptors (Lipinski definition) is 8. The molecule has 186 valence electrons. The minimum atomic E-state index is -3.00. The first-order chi connectivity index (χ1) is 17.4. The SMILES string of the molecule is COc1ncc(-c2ccnc3ccc(O[C@H]4CCN(C(=O)C5CCS(=O)(=O)CC5)C4)cc23)cc1C#N. The molecule has 0 radical (unpaired) electrons. The van der Waals surface area contributed by atoms with Crippen LogP contribution in [0.1, 0.15) is 24.8 Å². The van der Waals surface area contributed by atoms with Crippen LogP contribution in [-0.2, 0) is 14.6 Å². The first-order valence-electron chi connectivity index (χ1n) is 11.9. The van der Waals surface area contributed by atoms with E-state index in [2.05, 4.69) is 16.0 Å². The minimum absolute atomic E-state index is 0.0290. The number of nitriles is 1. The van der Waals surface area contributed by atoms with Gasteiger partial charge >= 0.3 is 0 Å². The number of methoxy groups -OCH3 is 1. The van der Waals surface area contributed by atoms with E-state index in [9.17, 15) is 18.5 Å². The van der Waals surface area contributed by atoms with Gasteiger partial charge in [0.2, 0.25) is 11.8 Å². The van der Waals surface area contributed by atoms with Gasteiger partial charge in [0.25, 0.3) is 0 Å². The molecule has 0 N–H and O–H groups in total. The van der Waals surface area contributed by atoms with E-state index >= 15 is 0 Å². The van der Waals surface area contributed by atoms with E-state index in [1.54, 1.807) is 23.4 Å². The average molecular weight is 507 g/mol. The van der Waals surface area contributed by atoms with Crippen molar-refractivity contribution in [2.45, 2.75) is 25.4 Å². The van der Waals surface area contributed by atoms with Gasteiger partial charge in [-0.05, 0) is 48.7 Å². The van der Waals surface area contributed by atoms with Crippen LogP contribution >= 0.6 is 0 Å². The number of aromatic nitrogens is 2. The van der Waals surface area contributed by atoms with Crippen molar-refractivity contribution in [3.8, 4) is 28.8 Å². The van der Waals surface area contributed by atoms with Crippen molar-refractivity contribution >= 4 is 26.6 Å². The fraction of sp³-hybridized carbons (Fsp3) is 0.385. The number of rotatable bonds is 5. The maximum Gasteiger partial charge on any atom is 0.231 e. The first-order valence-corrected chi connectivity index (χ1v) is 13.7. The summed E-state index contributed by atoms with van der Waals surface area (Å²) in [7, 11) is -1.52. The number of sulfone groups is 1. The van der Waals surface area contributed by atoms with Crippen molar-refractivity contribution in [3.05, 3.63) is 48.3 Å². The molecule has 5 rings (SSSR count). The van der Waals surface area contributed by atoms with E-state index in [1.165, 1.54) is 7.11 Å². The van der Waals surface area contributed by atoms with Crippen molar-refractivity contribution in [3.63, 3.8) is 0 Å². The number of carbonyl (C=O) groups excluding carboxylic acids is 1. The minimum Gasteiger partial charge on any atom is -0.488 e. The Labute approximate surface area is 209 Å². The molecule has 2 saturated heterocycles. The van der Waals surface area contributed by atoms with Crippen LogP contribution in [0.5, 0.6) is 11.6 Å². The summed E-state index contributed by atoms with van der Waals surface area (Å²) in [4.78, 5) is 23.4. The molecule has 36 heavy (non-hydrogen) atoms. The summed E-state index contributed by atoms with van der Waals surface area (Å²) in [6.45, 7) is 1.08. The van der Waals surface area contributed by atoms with Gasteiger partial charge in [-0.15, -0.1) is 0 Å². The molecule has 3 aromatic rings. The zero-order valence-electron chi connectivity index (χ0n) is 19.9. The Kier molecular flexibility index (Phi) is 6.49. The van der Waals surface area contributed by atoms with Gasteiger partial charge < -0.3 is 14.4 Å². The predicted octanol–water partition coefficient (Wildman–Crippen LogP) is 2.98. The van der Waals surface area contributed by atoms with Crippen LogP contribution in [0.2, 0.25) is 0 Å². The molecule has 2 aliphatic rings. The largest absolute Gasteiger partial charge is 0.488 e. The number of hydrogen-bond donors (Lipinski definition) is 0. The van der Waals surface area contributed by atoms with E-state index < -0.39 is 9.84 Å². The van der Waals surface area contributed by atoms with Gasteiger partial charge in [-0.25, -0.2) is 13.4 Å². The van der Waals surface area contributed by atoms with Crippen LogP contribution in [0.15, 0.2) is 42.7 Å². The highest BCUT2D eigenvalue weighted by Crippen LogP contribution is 2.32. The third kappa shape index (κ3) is 4.84. The molecule has 0 aliphatic carbocycles. The lowest BCUT2D eigenvalue weighted by atomic mass is 10.0. The van der Waals surface area contributed by atoms with Crippen LogP contribution < -0.4 is 9.47 Å². The summed E-state index contributed by atoms with van der Waals surface area (Å²) in [6.07, 6.45) is 4.74. The zero-order valence-corrected chi connectivity index (χ0v) is 20.7. The molecule has 1 atom stereocenters. The molecular weight excluding hydrogens is 480 g/mol. The summed E-state index contributed by atoms with van der Waals surface area (Å²) in [5, 5.41) is 10.3. The van der Waals surface area contributed by atoms with Crippen LogP contribution in [0.25, 0.3) is 22.0 Å². The molecule has 2 aromatic heterocycles. The number of pyridine rings is 2. The number of benzene rings is 1. The molecule has 0 saturated carbocycles. The van der Waals surface area contributed by atoms with Gasteiger partial charge in [0, 0.05) is 42.2 Å². The third-order valence-electron chi connectivity index (χ3n) is 6.85. The Hall–Kier alpha value is -3.71. The fourth-order valence-electron chi connectivity index (χ4n) is 4.90. The molecular formula is C26H26N4O5S. The quantitative estimate of drug-likeness (QED) is 0.518. The van der Waals surface area contributed by atoms with Crippen LogP contribution in [0, 0.1) is 17.2 Å². The molecule has 1 aromatic carbocycles. The van der Waals surface area contributed by atoms with Gasteiger partial charge in [0.15, 0.2) is 0 Å².